The molecule has 0 bridgehead atoms. The van der Waals surface area contributed by atoms with Crippen LogP contribution in [0.15, 0.2) is 180 Å². The van der Waals surface area contributed by atoms with Gasteiger partial charge in [-0.25, -0.2) is 15.0 Å². The Morgan fingerprint density at radius 3 is 1.69 bits per heavy atom. The molecule has 0 aliphatic carbocycles. The number of nitrogens with zero attached hydrogens (tertiary/aromatic N) is 3. The molecule has 0 N–H and O–H groups in total. The first-order valence-electron chi connectivity index (χ1n) is 17.1. The Morgan fingerprint density at radius 1 is 0.314 bits per heavy atom. The third-order valence-corrected chi connectivity index (χ3v) is 9.76. The number of fused-ring (bicyclic) bond motifs is 6. The van der Waals surface area contributed by atoms with Crippen molar-refractivity contribution < 1.29 is 4.42 Å². The molecule has 0 saturated carbocycles. The molecular weight excluding hydrogens is 623 g/mol. The summed E-state index contributed by atoms with van der Waals surface area (Å²) < 4.78 is 6.45. The minimum absolute atomic E-state index is 0.562. The van der Waals surface area contributed by atoms with Crippen LogP contribution in [0.1, 0.15) is 0 Å². The Morgan fingerprint density at radius 2 is 0.863 bits per heavy atom. The predicted octanol–water partition coefficient (Wildman–Crippen LogP) is 12.4. The zero-order valence-electron chi connectivity index (χ0n) is 27.5. The molecule has 51 heavy (non-hydrogen) atoms. The van der Waals surface area contributed by atoms with Gasteiger partial charge in [0.2, 0.25) is 0 Å². The second-order valence-corrected chi connectivity index (χ2v) is 12.8. The third kappa shape index (κ3) is 4.96. The summed E-state index contributed by atoms with van der Waals surface area (Å²) in [6.07, 6.45) is 0. The maximum atomic E-state index is 6.45. The van der Waals surface area contributed by atoms with Gasteiger partial charge in [-0.2, -0.15) is 0 Å². The molecule has 4 heteroatoms. The lowest BCUT2D eigenvalue weighted by Crippen LogP contribution is -2.01. The first-order chi connectivity index (χ1) is 25.3. The SMILES string of the molecule is c1ccc(-c2ccccc2-c2nc(-c3ccc(-c4cc5ccccc5c5ccccc45)cc3)nc(-c3cccc4c3oc3ccccc34)n2)cc1. The number of hydrogen-bond donors (Lipinski definition) is 0. The van der Waals surface area contributed by atoms with Crippen LogP contribution in [0.3, 0.4) is 0 Å². The van der Waals surface area contributed by atoms with Crippen molar-refractivity contribution in [1.29, 1.82) is 0 Å². The lowest BCUT2D eigenvalue weighted by Gasteiger charge is -2.13. The molecule has 0 fully saturated rings. The van der Waals surface area contributed by atoms with Crippen LogP contribution < -0.4 is 0 Å². The van der Waals surface area contributed by atoms with E-state index in [2.05, 4.69) is 133 Å². The van der Waals surface area contributed by atoms with E-state index in [0.29, 0.717) is 17.5 Å². The van der Waals surface area contributed by atoms with Gasteiger partial charge in [-0.1, -0.05) is 158 Å². The molecule has 2 heterocycles. The topological polar surface area (TPSA) is 51.8 Å². The number of hydrogen-bond acceptors (Lipinski definition) is 4. The normalized spacial score (nSPS) is 11.5. The zero-order chi connectivity index (χ0) is 33.7. The summed E-state index contributed by atoms with van der Waals surface area (Å²) in [6.45, 7) is 0. The largest absolute Gasteiger partial charge is 0.455 e. The minimum Gasteiger partial charge on any atom is -0.455 e. The van der Waals surface area contributed by atoms with Crippen LogP contribution in [0.4, 0.5) is 0 Å². The highest BCUT2D eigenvalue weighted by Crippen LogP contribution is 2.38. The van der Waals surface area contributed by atoms with E-state index in [4.69, 9.17) is 19.4 Å². The molecule has 238 valence electrons. The van der Waals surface area contributed by atoms with Gasteiger partial charge in [-0.15, -0.1) is 0 Å². The van der Waals surface area contributed by atoms with Crippen LogP contribution >= 0.6 is 0 Å². The molecule has 4 nitrogen and oxygen atoms in total. The Labute approximate surface area is 294 Å². The Hall–Kier alpha value is -6.91. The van der Waals surface area contributed by atoms with Crippen molar-refractivity contribution in [2.75, 3.05) is 0 Å². The summed E-state index contributed by atoms with van der Waals surface area (Å²) in [5.74, 6) is 1.76. The summed E-state index contributed by atoms with van der Waals surface area (Å²) in [7, 11) is 0. The first kappa shape index (κ1) is 29.0. The maximum absolute atomic E-state index is 6.45. The van der Waals surface area contributed by atoms with Crippen LogP contribution in [-0.2, 0) is 0 Å². The molecule has 0 saturated heterocycles. The van der Waals surface area contributed by atoms with E-state index >= 15 is 0 Å². The second-order valence-electron chi connectivity index (χ2n) is 12.8. The van der Waals surface area contributed by atoms with Gasteiger partial charge >= 0.3 is 0 Å². The molecular formula is C47H29N3O. The predicted molar refractivity (Wildman–Crippen MR) is 209 cm³/mol. The van der Waals surface area contributed by atoms with Gasteiger partial charge in [-0.3, -0.25) is 0 Å². The third-order valence-electron chi connectivity index (χ3n) is 9.76. The smallest absolute Gasteiger partial charge is 0.167 e. The van der Waals surface area contributed by atoms with Gasteiger partial charge in [0.25, 0.3) is 0 Å². The standard InChI is InChI=1S/C47H29N3O/c1-2-13-30(14-3-1)34-16-6-9-21-40(34)46-48-45(49-47(50-46)41-23-12-22-39-38-20-10-11-24-43(38)51-44(39)41)32-27-25-31(26-28-32)42-29-33-15-4-5-17-35(33)36-18-7-8-19-37(36)42/h1-29H. The van der Waals surface area contributed by atoms with Crippen molar-refractivity contribution in [3.63, 3.8) is 0 Å². The molecule has 10 rings (SSSR count). The van der Waals surface area contributed by atoms with E-state index in [0.717, 1.165) is 55.3 Å². The summed E-state index contributed by atoms with van der Waals surface area (Å²) >= 11 is 0. The average molecular weight is 652 g/mol. The van der Waals surface area contributed by atoms with Crippen molar-refractivity contribution in [1.82, 2.24) is 15.0 Å². The second kappa shape index (κ2) is 11.9. The fraction of sp³-hybridized carbons (Fsp3) is 0. The molecule has 0 atom stereocenters. The van der Waals surface area contributed by atoms with Crippen molar-refractivity contribution in [3.8, 4) is 56.4 Å². The van der Waals surface area contributed by atoms with Crippen molar-refractivity contribution in [3.05, 3.63) is 176 Å². The lowest BCUT2D eigenvalue weighted by atomic mass is 9.93. The highest BCUT2D eigenvalue weighted by molar-refractivity contribution is 6.14. The van der Waals surface area contributed by atoms with E-state index in [-0.39, 0.29) is 0 Å². The van der Waals surface area contributed by atoms with Gasteiger partial charge in [0.1, 0.15) is 11.2 Å². The van der Waals surface area contributed by atoms with Crippen molar-refractivity contribution in [2.24, 2.45) is 0 Å². The molecule has 0 unspecified atom stereocenters. The van der Waals surface area contributed by atoms with Gasteiger partial charge in [0, 0.05) is 21.9 Å². The summed E-state index contributed by atoms with van der Waals surface area (Å²) in [4.78, 5) is 15.4. The molecule has 0 aliphatic rings. The first-order valence-corrected chi connectivity index (χ1v) is 17.1. The van der Waals surface area contributed by atoms with E-state index < -0.39 is 0 Å². The molecule has 0 radical (unpaired) electrons. The molecule has 10 aromatic rings. The summed E-state index contributed by atoms with van der Waals surface area (Å²) in [6, 6.07) is 61.1. The van der Waals surface area contributed by atoms with Gasteiger partial charge in [0.05, 0.1) is 5.56 Å². The van der Waals surface area contributed by atoms with Crippen LogP contribution in [0.5, 0.6) is 0 Å². The number of rotatable bonds is 5. The molecule has 8 aromatic carbocycles. The molecule has 0 spiro atoms. The van der Waals surface area contributed by atoms with Crippen molar-refractivity contribution in [2.45, 2.75) is 0 Å². The lowest BCUT2D eigenvalue weighted by molar-refractivity contribution is 0.669. The zero-order valence-corrected chi connectivity index (χ0v) is 27.5. The van der Waals surface area contributed by atoms with Gasteiger partial charge in [0.15, 0.2) is 17.5 Å². The van der Waals surface area contributed by atoms with Gasteiger partial charge < -0.3 is 4.42 Å². The fourth-order valence-corrected chi connectivity index (χ4v) is 7.31. The van der Waals surface area contributed by atoms with Crippen LogP contribution in [0, 0.1) is 0 Å². The molecule has 2 aromatic heterocycles. The summed E-state index contributed by atoms with van der Waals surface area (Å²) in [5.41, 5.74) is 8.75. The van der Waals surface area contributed by atoms with E-state index in [1.165, 1.54) is 27.1 Å². The number of para-hydroxylation sites is 2. The maximum Gasteiger partial charge on any atom is 0.167 e. The highest BCUT2D eigenvalue weighted by Gasteiger charge is 2.19. The van der Waals surface area contributed by atoms with Crippen LogP contribution in [-0.4, -0.2) is 15.0 Å². The van der Waals surface area contributed by atoms with E-state index in [9.17, 15) is 0 Å². The number of benzene rings is 8. The van der Waals surface area contributed by atoms with E-state index in [1.54, 1.807) is 0 Å². The number of aromatic nitrogens is 3. The Balaban J connectivity index is 1.16. The highest BCUT2D eigenvalue weighted by atomic mass is 16.3. The van der Waals surface area contributed by atoms with Crippen LogP contribution in [0.25, 0.3) is 99.9 Å². The molecule has 0 aliphatic heterocycles. The Kier molecular flexibility index (Phi) is 6.78. The monoisotopic (exact) mass is 651 g/mol. The number of furan rings is 1. The average Bonchev–Trinajstić information content (AvgIpc) is 3.60. The quantitative estimate of drug-likeness (QED) is 0.174. The minimum atomic E-state index is 0.562. The summed E-state index contributed by atoms with van der Waals surface area (Å²) in [5, 5.41) is 7.05. The van der Waals surface area contributed by atoms with E-state index in [1.807, 2.05) is 42.5 Å². The van der Waals surface area contributed by atoms with Gasteiger partial charge in [-0.05, 0) is 62.0 Å². The van der Waals surface area contributed by atoms with Crippen LogP contribution in [0.2, 0.25) is 0 Å². The Bertz CT molecular complexity index is 2910. The fourth-order valence-electron chi connectivity index (χ4n) is 7.31. The van der Waals surface area contributed by atoms with Crippen molar-refractivity contribution >= 4 is 43.5 Å². The molecule has 0 amide bonds.